The van der Waals surface area contributed by atoms with Gasteiger partial charge >= 0.3 is 5.97 Å². The van der Waals surface area contributed by atoms with Crippen LogP contribution in [0.25, 0.3) is 12.2 Å². The van der Waals surface area contributed by atoms with Crippen LogP contribution in [0.2, 0.25) is 0 Å². The molecule has 0 aromatic heterocycles. The average Bonchev–Trinajstić information content (AvgIpc) is 3.33. The van der Waals surface area contributed by atoms with E-state index in [1.54, 1.807) is 6.92 Å². The molecule has 5 heteroatoms. The summed E-state index contributed by atoms with van der Waals surface area (Å²) in [5, 5.41) is 0. The van der Waals surface area contributed by atoms with Gasteiger partial charge in [0, 0.05) is 13.0 Å². The van der Waals surface area contributed by atoms with Gasteiger partial charge in [-0.2, -0.15) is 0 Å². The van der Waals surface area contributed by atoms with Crippen LogP contribution < -0.4 is 4.74 Å². The highest BCUT2D eigenvalue weighted by Crippen LogP contribution is 2.38. The first-order chi connectivity index (χ1) is 25.1. The third kappa shape index (κ3) is 9.84. The number of rotatable bonds is 17. The monoisotopic (exact) mass is 680 g/mol. The number of hydrogen-bond acceptors (Lipinski definition) is 5. The van der Waals surface area contributed by atoms with Crippen molar-refractivity contribution in [3.8, 4) is 5.75 Å². The zero-order valence-corrected chi connectivity index (χ0v) is 29.8. The molecule has 51 heavy (non-hydrogen) atoms. The van der Waals surface area contributed by atoms with Gasteiger partial charge in [-0.1, -0.05) is 121 Å². The molecule has 0 spiro atoms. The third-order valence-electron chi connectivity index (χ3n) is 9.35. The molecule has 0 amide bonds. The number of fused-ring (bicyclic) bond motifs is 2. The second-order valence-corrected chi connectivity index (χ2v) is 12.8. The van der Waals surface area contributed by atoms with Gasteiger partial charge in [0.1, 0.15) is 18.5 Å². The second kappa shape index (κ2) is 18.3. The molecule has 0 bridgehead atoms. The molecule has 0 heterocycles. The van der Waals surface area contributed by atoms with E-state index < -0.39 is 6.10 Å². The molecular weight excluding hydrogens is 633 g/mol. The van der Waals surface area contributed by atoms with Crippen molar-refractivity contribution >= 4 is 18.1 Å². The minimum absolute atomic E-state index is 0.234. The summed E-state index contributed by atoms with van der Waals surface area (Å²) in [6.45, 7) is 5.28. The number of hydrogen-bond donors (Lipinski definition) is 0. The standard InChI is InChI=1S/C46H48O5/c1-3-48-44(46(47)49-4-2)33-37-22-27-40(28-23-37)50-30-31-51-45-42-17-11-16-38(24-20-35-14-9-6-10-15-35)41(42)29-26-39-25-21-36(32-43(39)45)19-18-34-12-7-5-8-13-34/h5-17,21-23,25-29,32,44-45H,3-4,18-20,24,30-31,33H2,1-2H3. The van der Waals surface area contributed by atoms with Gasteiger partial charge in [0.25, 0.3) is 0 Å². The molecule has 0 saturated carbocycles. The van der Waals surface area contributed by atoms with Gasteiger partial charge in [0.05, 0.1) is 13.2 Å². The summed E-state index contributed by atoms with van der Waals surface area (Å²) >= 11 is 0. The van der Waals surface area contributed by atoms with Crippen LogP contribution in [0.4, 0.5) is 0 Å². The molecule has 0 radical (unpaired) electrons. The number of benzene rings is 5. The van der Waals surface area contributed by atoms with Gasteiger partial charge in [-0.05, 0) is 102 Å². The lowest BCUT2D eigenvalue weighted by Crippen LogP contribution is -2.28. The minimum Gasteiger partial charge on any atom is -0.491 e. The first-order valence-electron chi connectivity index (χ1n) is 18.2. The van der Waals surface area contributed by atoms with Crippen LogP contribution >= 0.6 is 0 Å². The highest BCUT2D eigenvalue weighted by molar-refractivity contribution is 5.78. The van der Waals surface area contributed by atoms with Crippen molar-refractivity contribution in [3.63, 3.8) is 0 Å². The van der Waals surface area contributed by atoms with Gasteiger partial charge in [-0.15, -0.1) is 0 Å². The van der Waals surface area contributed by atoms with E-state index in [4.69, 9.17) is 18.9 Å². The first-order valence-corrected chi connectivity index (χ1v) is 18.2. The minimum atomic E-state index is -0.618. The maximum absolute atomic E-state index is 12.3. The van der Waals surface area contributed by atoms with Crippen LogP contribution in [0.1, 0.15) is 70.0 Å². The summed E-state index contributed by atoms with van der Waals surface area (Å²) in [4.78, 5) is 12.3. The molecule has 2 unspecified atom stereocenters. The summed E-state index contributed by atoms with van der Waals surface area (Å²) in [7, 11) is 0. The van der Waals surface area contributed by atoms with Crippen LogP contribution in [-0.2, 0) is 51.1 Å². The number of carbonyl (C=O) groups is 1. The summed E-state index contributed by atoms with van der Waals surface area (Å²) in [5.74, 6) is 0.418. The fourth-order valence-electron chi connectivity index (χ4n) is 6.73. The number of carbonyl (C=O) groups excluding carboxylic acids is 1. The predicted molar refractivity (Wildman–Crippen MR) is 205 cm³/mol. The van der Waals surface area contributed by atoms with Crippen molar-refractivity contribution < 1.29 is 23.7 Å². The second-order valence-electron chi connectivity index (χ2n) is 12.8. The predicted octanol–water partition coefficient (Wildman–Crippen LogP) is 9.44. The zero-order valence-electron chi connectivity index (χ0n) is 29.8. The Labute approximate surface area is 302 Å². The lowest BCUT2D eigenvalue weighted by molar-refractivity contribution is -0.156. The lowest BCUT2D eigenvalue weighted by atomic mass is 9.90. The van der Waals surface area contributed by atoms with E-state index in [1.807, 2.05) is 31.2 Å². The zero-order chi connectivity index (χ0) is 35.3. The van der Waals surface area contributed by atoms with Gasteiger partial charge in [-0.25, -0.2) is 4.79 Å². The largest absolute Gasteiger partial charge is 0.491 e. The van der Waals surface area contributed by atoms with Crippen LogP contribution in [0.3, 0.4) is 0 Å². The molecule has 262 valence electrons. The van der Waals surface area contributed by atoms with E-state index in [-0.39, 0.29) is 12.1 Å². The average molecular weight is 681 g/mol. The van der Waals surface area contributed by atoms with Crippen LogP contribution in [-0.4, -0.2) is 38.5 Å². The molecule has 5 aromatic rings. The van der Waals surface area contributed by atoms with E-state index in [9.17, 15) is 4.79 Å². The van der Waals surface area contributed by atoms with Gasteiger partial charge in [0.15, 0.2) is 6.10 Å². The fourth-order valence-corrected chi connectivity index (χ4v) is 6.73. The van der Waals surface area contributed by atoms with Crippen LogP contribution in [0.5, 0.6) is 5.75 Å². The highest BCUT2D eigenvalue weighted by Gasteiger charge is 2.25. The van der Waals surface area contributed by atoms with Gasteiger partial charge in [0.2, 0.25) is 0 Å². The van der Waals surface area contributed by atoms with Crippen LogP contribution in [0.15, 0.2) is 121 Å². The maximum atomic E-state index is 12.3. The van der Waals surface area contributed by atoms with Crippen LogP contribution in [0, 0.1) is 0 Å². The van der Waals surface area contributed by atoms with Crippen molar-refractivity contribution in [1.82, 2.24) is 0 Å². The maximum Gasteiger partial charge on any atom is 0.335 e. The van der Waals surface area contributed by atoms with E-state index >= 15 is 0 Å². The fraction of sp³-hybridized carbons (Fsp3) is 0.283. The van der Waals surface area contributed by atoms with Crippen molar-refractivity contribution in [1.29, 1.82) is 0 Å². The molecule has 6 rings (SSSR count). The highest BCUT2D eigenvalue weighted by atomic mass is 16.6. The molecule has 1 aliphatic rings. The Morgan fingerprint density at radius 2 is 1.31 bits per heavy atom. The van der Waals surface area contributed by atoms with E-state index in [1.165, 1.54) is 44.5 Å². The SMILES string of the molecule is CCOC(=O)C(Cc1ccc(OCCOC2c3cc(CCc4ccccc4)ccc3C=Cc3c(CCc4ccccc4)cccc32)cc1)OCC. The molecule has 5 nitrogen and oxygen atoms in total. The normalized spacial score (nSPS) is 13.9. The van der Waals surface area contributed by atoms with E-state index in [0.29, 0.717) is 32.8 Å². The van der Waals surface area contributed by atoms with Gasteiger partial charge in [-0.3, -0.25) is 0 Å². The molecule has 0 fully saturated rings. The lowest BCUT2D eigenvalue weighted by Gasteiger charge is -2.23. The van der Waals surface area contributed by atoms with Crippen molar-refractivity contribution in [2.24, 2.45) is 0 Å². The number of ether oxygens (including phenoxy) is 4. The quantitative estimate of drug-likeness (QED) is 0.0724. The summed E-state index contributed by atoms with van der Waals surface area (Å²) in [6, 6.07) is 42.6. The molecule has 0 N–H and O–H groups in total. The van der Waals surface area contributed by atoms with Crippen molar-refractivity contribution in [2.75, 3.05) is 26.4 Å². The molecular formula is C46H48O5. The Bertz CT molecular complexity index is 1860. The van der Waals surface area contributed by atoms with E-state index in [0.717, 1.165) is 37.0 Å². The molecule has 0 aliphatic heterocycles. The number of esters is 1. The topological polar surface area (TPSA) is 54.0 Å². The van der Waals surface area contributed by atoms with E-state index in [2.05, 4.69) is 109 Å². The Hall–Kier alpha value is -4.97. The summed E-state index contributed by atoms with van der Waals surface area (Å²) < 4.78 is 23.8. The molecule has 1 aliphatic carbocycles. The summed E-state index contributed by atoms with van der Waals surface area (Å²) in [6.07, 6.45) is 8.01. The first kappa shape index (κ1) is 35.8. The molecule has 2 atom stereocenters. The van der Waals surface area contributed by atoms with Crippen molar-refractivity contribution in [2.45, 2.75) is 58.2 Å². The Morgan fingerprint density at radius 1 is 0.627 bits per heavy atom. The molecule has 5 aromatic carbocycles. The smallest absolute Gasteiger partial charge is 0.335 e. The van der Waals surface area contributed by atoms with Gasteiger partial charge < -0.3 is 18.9 Å². The Balaban J connectivity index is 1.17. The van der Waals surface area contributed by atoms with Crippen molar-refractivity contribution in [3.05, 3.63) is 171 Å². The number of aryl methyl sites for hydroxylation is 4. The Morgan fingerprint density at radius 3 is 2.02 bits per heavy atom. The summed E-state index contributed by atoms with van der Waals surface area (Å²) in [5.41, 5.74) is 11.1. The molecule has 0 saturated heterocycles. The Kier molecular flexibility index (Phi) is 12.9. The third-order valence-corrected chi connectivity index (χ3v) is 9.35.